The number of ether oxygens (including phenoxy) is 1. The van der Waals surface area contributed by atoms with Gasteiger partial charge in [-0.25, -0.2) is 0 Å². The molecular formula is C20H17Cl3N2O3S. The van der Waals surface area contributed by atoms with Crippen molar-refractivity contribution in [2.24, 2.45) is 0 Å². The van der Waals surface area contributed by atoms with Crippen molar-refractivity contribution in [2.75, 3.05) is 5.32 Å². The first-order valence-electron chi connectivity index (χ1n) is 8.89. The van der Waals surface area contributed by atoms with Gasteiger partial charge in [0.2, 0.25) is 0 Å². The summed E-state index contributed by atoms with van der Waals surface area (Å²) in [6.45, 7) is 4.33. The van der Waals surface area contributed by atoms with Crippen LogP contribution >= 0.6 is 46.1 Å². The van der Waals surface area contributed by atoms with Crippen LogP contribution in [0.5, 0.6) is 5.75 Å². The van der Waals surface area contributed by atoms with Crippen molar-refractivity contribution in [3.05, 3.63) is 67.4 Å². The fourth-order valence-electron chi connectivity index (χ4n) is 2.93. The van der Waals surface area contributed by atoms with E-state index in [4.69, 9.17) is 44.0 Å². The van der Waals surface area contributed by atoms with E-state index in [1.807, 2.05) is 6.07 Å². The summed E-state index contributed by atoms with van der Waals surface area (Å²) in [5, 5.41) is 8.16. The van der Waals surface area contributed by atoms with Crippen molar-refractivity contribution in [1.29, 1.82) is 0 Å². The molecule has 2 aromatic heterocycles. The van der Waals surface area contributed by atoms with Crippen LogP contribution in [0.1, 0.15) is 52.7 Å². The maximum atomic E-state index is 12.5. The lowest BCUT2D eigenvalue weighted by Crippen LogP contribution is -2.37. The Kier molecular flexibility index (Phi) is 5.71. The molecule has 0 bridgehead atoms. The van der Waals surface area contributed by atoms with Crippen LogP contribution in [0.25, 0.3) is 0 Å². The van der Waals surface area contributed by atoms with Crippen LogP contribution < -0.4 is 15.4 Å². The van der Waals surface area contributed by atoms with Gasteiger partial charge in [-0.3, -0.25) is 4.79 Å². The molecule has 0 unspecified atom stereocenters. The number of benzene rings is 1. The first-order chi connectivity index (χ1) is 13.8. The van der Waals surface area contributed by atoms with Gasteiger partial charge in [0.1, 0.15) is 23.1 Å². The molecule has 0 saturated heterocycles. The number of nitrogens with one attached hydrogen (secondary N) is 2. The standard InChI is InChI=1S/C20H17Cl3N2O3S/c1-9(2)16-7-12-19(26)24-18(25-20(12)29-16)15-4-3-11(28-15)8-27-17-13(22)5-10(21)6-14(17)23/h3-7,9,18,25H,8H2,1-2H3,(H,24,26)/t18-/m1/s1. The van der Waals surface area contributed by atoms with Crippen molar-refractivity contribution >= 4 is 57.0 Å². The molecule has 2 N–H and O–H groups in total. The van der Waals surface area contributed by atoms with Crippen molar-refractivity contribution in [2.45, 2.75) is 32.5 Å². The predicted octanol–water partition coefficient (Wildman–Crippen LogP) is 6.86. The van der Waals surface area contributed by atoms with E-state index in [9.17, 15) is 4.79 Å². The lowest BCUT2D eigenvalue weighted by Gasteiger charge is -2.23. The summed E-state index contributed by atoms with van der Waals surface area (Å²) in [4.78, 5) is 13.6. The first kappa shape index (κ1) is 20.4. The molecular weight excluding hydrogens is 455 g/mol. The highest BCUT2D eigenvalue weighted by atomic mass is 35.5. The van der Waals surface area contributed by atoms with E-state index in [0.717, 1.165) is 9.88 Å². The number of fused-ring (bicyclic) bond motifs is 1. The van der Waals surface area contributed by atoms with Crippen LogP contribution in [-0.2, 0) is 6.61 Å². The van der Waals surface area contributed by atoms with E-state index in [2.05, 4.69) is 24.5 Å². The maximum Gasteiger partial charge on any atom is 0.256 e. The van der Waals surface area contributed by atoms with Crippen LogP contribution in [0.2, 0.25) is 15.1 Å². The Balaban J connectivity index is 1.47. The summed E-state index contributed by atoms with van der Waals surface area (Å²) in [5.41, 5.74) is 0.664. The third-order valence-electron chi connectivity index (χ3n) is 4.40. The van der Waals surface area contributed by atoms with Crippen molar-refractivity contribution in [3.63, 3.8) is 0 Å². The summed E-state index contributed by atoms with van der Waals surface area (Å²) in [7, 11) is 0. The van der Waals surface area contributed by atoms with Gasteiger partial charge in [0.15, 0.2) is 11.9 Å². The predicted molar refractivity (Wildman–Crippen MR) is 117 cm³/mol. The number of carbonyl (C=O) groups excluding carboxylic acids is 1. The molecule has 0 fully saturated rings. The topological polar surface area (TPSA) is 63.5 Å². The summed E-state index contributed by atoms with van der Waals surface area (Å²) in [5.74, 6) is 1.72. The van der Waals surface area contributed by atoms with Crippen molar-refractivity contribution < 1.29 is 13.9 Å². The average molecular weight is 472 g/mol. The molecule has 4 rings (SSSR count). The molecule has 29 heavy (non-hydrogen) atoms. The van der Waals surface area contributed by atoms with Crippen molar-refractivity contribution in [3.8, 4) is 5.75 Å². The third kappa shape index (κ3) is 4.21. The lowest BCUT2D eigenvalue weighted by molar-refractivity contribution is 0.0931. The number of carbonyl (C=O) groups is 1. The molecule has 152 valence electrons. The van der Waals surface area contributed by atoms with E-state index in [1.165, 1.54) is 0 Å². The fourth-order valence-corrected chi connectivity index (χ4v) is 4.94. The second kappa shape index (κ2) is 8.11. The molecule has 0 radical (unpaired) electrons. The molecule has 3 aromatic rings. The number of hydrogen-bond acceptors (Lipinski definition) is 5. The van der Waals surface area contributed by atoms with E-state index in [1.54, 1.807) is 35.6 Å². The smallest absolute Gasteiger partial charge is 0.256 e. The molecule has 9 heteroatoms. The summed E-state index contributed by atoms with van der Waals surface area (Å²) in [6.07, 6.45) is -0.454. The highest BCUT2D eigenvalue weighted by Crippen LogP contribution is 2.38. The average Bonchev–Trinajstić information content (AvgIpc) is 3.27. The normalized spacial score (nSPS) is 15.8. The Morgan fingerprint density at radius 2 is 1.86 bits per heavy atom. The highest BCUT2D eigenvalue weighted by molar-refractivity contribution is 7.16. The number of rotatable bonds is 5. The second-order valence-electron chi connectivity index (χ2n) is 6.89. The Labute approximate surface area is 186 Å². The van der Waals surface area contributed by atoms with Gasteiger partial charge in [0, 0.05) is 9.90 Å². The van der Waals surface area contributed by atoms with Gasteiger partial charge in [-0.05, 0) is 36.2 Å². The number of thiophene rings is 1. The molecule has 1 amide bonds. The largest absolute Gasteiger partial charge is 0.483 e. The Morgan fingerprint density at radius 1 is 1.14 bits per heavy atom. The summed E-state index contributed by atoms with van der Waals surface area (Å²) in [6, 6.07) is 8.63. The molecule has 1 aromatic carbocycles. The van der Waals surface area contributed by atoms with Gasteiger partial charge in [-0.15, -0.1) is 11.3 Å². The van der Waals surface area contributed by atoms with Gasteiger partial charge < -0.3 is 19.8 Å². The van der Waals surface area contributed by atoms with Gasteiger partial charge in [-0.1, -0.05) is 48.7 Å². The number of hydrogen-bond donors (Lipinski definition) is 2. The van der Waals surface area contributed by atoms with E-state index < -0.39 is 6.17 Å². The molecule has 1 aliphatic heterocycles. The van der Waals surface area contributed by atoms with E-state index >= 15 is 0 Å². The summed E-state index contributed by atoms with van der Waals surface area (Å²) < 4.78 is 11.6. The molecule has 3 heterocycles. The van der Waals surface area contributed by atoms with E-state index in [0.29, 0.717) is 43.8 Å². The minimum absolute atomic E-state index is 0.124. The van der Waals surface area contributed by atoms with Crippen LogP contribution in [-0.4, -0.2) is 5.91 Å². The zero-order valence-corrected chi connectivity index (χ0v) is 18.6. The van der Waals surface area contributed by atoms with Gasteiger partial charge in [0.25, 0.3) is 5.91 Å². The Hall–Kier alpha value is -1.86. The monoisotopic (exact) mass is 470 g/mol. The van der Waals surface area contributed by atoms with Crippen LogP contribution in [0, 0.1) is 0 Å². The molecule has 1 aliphatic rings. The minimum atomic E-state index is -0.454. The van der Waals surface area contributed by atoms with Gasteiger partial charge in [-0.2, -0.15) is 0 Å². The SMILES string of the molecule is CC(C)c1cc2c(s1)N[C@H](c1ccc(COc3c(Cl)cc(Cl)cc3Cl)o1)NC2=O. The van der Waals surface area contributed by atoms with Gasteiger partial charge in [0.05, 0.1) is 15.6 Å². The number of amides is 1. The van der Waals surface area contributed by atoms with Crippen LogP contribution in [0.4, 0.5) is 5.00 Å². The van der Waals surface area contributed by atoms with Crippen molar-refractivity contribution in [1.82, 2.24) is 5.32 Å². The molecule has 5 nitrogen and oxygen atoms in total. The molecule has 0 aliphatic carbocycles. The molecule has 0 saturated carbocycles. The summed E-state index contributed by atoms with van der Waals surface area (Å²) >= 11 is 19.8. The lowest BCUT2D eigenvalue weighted by atomic mass is 10.1. The third-order valence-corrected chi connectivity index (χ3v) is 6.55. The van der Waals surface area contributed by atoms with E-state index in [-0.39, 0.29) is 12.5 Å². The number of anilines is 1. The first-order valence-corrected chi connectivity index (χ1v) is 10.8. The van der Waals surface area contributed by atoms with Gasteiger partial charge >= 0.3 is 0 Å². The highest BCUT2D eigenvalue weighted by Gasteiger charge is 2.29. The number of furan rings is 1. The van der Waals surface area contributed by atoms with Crippen LogP contribution in [0.3, 0.4) is 0 Å². The molecule has 0 spiro atoms. The molecule has 1 atom stereocenters. The Morgan fingerprint density at radius 3 is 2.55 bits per heavy atom. The Bertz CT molecular complexity index is 1050. The van der Waals surface area contributed by atoms with Crippen LogP contribution in [0.15, 0.2) is 34.7 Å². The number of halogens is 3. The second-order valence-corrected chi connectivity index (χ2v) is 9.22. The fraction of sp³-hybridized carbons (Fsp3) is 0.250. The quantitative estimate of drug-likeness (QED) is 0.427. The zero-order chi connectivity index (χ0) is 20.7. The minimum Gasteiger partial charge on any atom is -0.483 e. The zero-order valence-electron chi connectivity index (χ0n) is 15.5. The maximum absolute atomic E-state index is 12.5.